The maximum atomic E-state index is 12.9. The first-order valence-electron chi connectivity index (χ1n) is 4.98. The highest BCUT2D eigenvalue weighted by Gasteiger charge is 2.12. The molecule has 1 rings (SSSR count). The van der Waals surface area contributed by atoms with Crippen LogP contribution in [-0.4, -0.2) is 19.2 Å². The predicted octanol–water partition coefficient (Wildman–Crippen LogP) is 3.70. The molecule has 1 aromatic heterocycles. The Hall–Kier alpha value is -0.133. The van der Waals surface area contributed by atoms with Crippen LogP contribution in [0.3, 0.4) is 0 Å². The standard InChI is InChI=1S/C10H17BrFNOSi/c1-15(2,3)7-6-14-8-13-5-4-9(12)10(13)11/h4-5H,6-8H2,1-3H3. The molecule has 0 saturated carbocycles. The summed E-state index contributed by atoms with van der Waals surface area (Å²) in [5.41, 5.74) is 0. The molecule has 0 spiro atoms. The highest BCUT2D eigenvalue weighted by atomic mass is 79.9. The molecule has 0 fully saturated rings. The van der Waals surface area contributed by atoms with Gasteiger partial charge in [0, 0.05) is 20.9 Å². The fraction of sp³-hybridized carbons (Fsp3) is 0.600. The Morgan fingerprint density at radius 2 is 2.13 bits per heavy atom. The average molecular weight is 294 g/mol. The smallest absolute Gasteiger partial charge is 0.155 e. The fourth-order valence-electron chi connectivity index (χ4n) is 1.07. The third-order valence-electron chi connectivity index (χ3n) is 2.08. The van der Waals surface area contributed by atoms with Crippen LogP contribution in [0.4, 0.5) is 4.39 Å². The van der Waals surface area contributed by atoms with Crippen molar-refractivity contribution < 1.29 is 9.13 Å². The number of hydrogen-bond donors (Lipinski definition) is 0. The second kappa shape index (κ2) is 5.27. The van der Waals surface area contributed by atoms with Gasteiger partial charge in [0.2, 0.25) is 0 Å². The zero-order chi connectivity index (χ0) is 11.5. The highest BCUT2D eigenvalue weighted by molar-refractivity contribution is 9.10. The molecule has 0 radical (unpaired) electrons. The Morgan fingerprint density at radius 3 is 2.60 bits per heavy atom. The molecular weight excluding hydrogens is 277 g/mol. The van der Waals surface area contributed by atoms with Gasteiger partial charge in [-0.2, -0.15) is 0 Å². The average Bonchev–Trinajstić information content (AvgIpc) is 2.42. The third kappa shape index (κ3) is 4.48. The summed E-state index contributed by atoms with van der Waals surface area (Å²) in [7, 11) is -1.02. The van der Waals surface area contributed by atoms with E-state index in [9.17, 15) is 4.39 Å². The quantitative estimate of drug-likeness (QED) is 0.596. The van der Waals surface area contributed by atoms with Gasteiger partial charge in [-0.3, -0.25) is 0 Å². The van der Waals surface area contributed by atoms with Crippen LogP contribution in [0.15, 0.2) is 16.9 Å². The number of hydrogen-bond acceptors (Lipinski definition) is 1. The van der Waals surface area contributed by atoms with Gasteiger partial charge in [0.05, 0.1) is 0 Å². The summed E-state index contributed by atoms with van der Waals surface area (Å²) >= 11 is 3.16. The summed E-state index contributed by atoms with van der Waals surface area (Å²) in [6, 6.07) is 2.56. The van der Waals surface area contributed by atoms with Crippen molar-refractivity contribution in [3.05, 3.63) is 22.7 Å². The van der Waals surface area contributed by atoms with Gasteiger partial charge in [0.15, 0.2) is 5.82 Å². The van der Waals surface area contributed by atoms with E-state index in [1.807, 2.05) is 0 Å². The third-order valence-corrected chi connectivity index (χ3v) is 4.62. The van der Waals surface area contributed by atoms with Crippen molar-refractivity contribution in [1.29, 1.82) is 0 Å². The molecule has 0 aliphatic heterocycles. The van der Waals surface area contributed by atoms with Crippen molar-refractivity contribution in [3.8, 4) is 0 Å². The minimum absolute atomic E-state index is 0.246. The van der Waals surface area contributed by atoms with E-state index < -0.39 is 8.07 Å². The van der Waals surface area contributed by atoms with Gasteiger partial charge in [-0.25, -0.2) is 4.39 Å². The van der Waals surface area contributed by atoms with E-state index in [1.165, 1.54) is 6.07 Å². The zero-order valence-electron chi connectivity index (χ0n) is 9.39. The Morgan fingerprint density at radius 1 is 1.47 bits per heavy atom. The molecule has 0 amide bonds. The molecule has 86 valence electrons. The predicted molar refractivity (Wildman–Crippen MR) is 66.2 cm³/mol. The Balaban J connectivity index is 2.30. The minimum atomic E-state index is -1.02. The number of nitrogens with zero attached hydrogens (tertiary/aromatic N) is 1. The Labute approximate surface area is 99.6 Å². The Kier molecular flexibility index (Phi) is 4.55. The van der Waals surface area contributed by atoms with Crippen LogP contribution in [-0.2, 0) is 11.5 Å². The van der Waals surface area contributed by atoms with Gasteiger partial charge in [-0.05, 0) is 28.0 Å². The molecule has 0 aliphatic rings. The molecule has 0 N–H and O–H groups in total. The first-order valence-corrected chi connectivity index (χ1v) is 9.48. The molecule has 0 saturated heterocycles. The summed E-state index contributed by atoms with van der Waals surface area (Å²) < 4.78 is 20.6. The van der Waals surface area contributed by atoms with Gasteiger partial charge >= 0.3 is 0 Å². The molecule has 15 heavy (non-hydrogen) atoms. The summed E-state index contributed by atoms with van der Waals surface area (Å²) in [6.07, 6.45) is 1.67. The van der Waals surface area contributed by atoms with Crippen molar-refractivity contribution in [2.45, 2.75) is 32.4 Å². The molecular formula is C10H17BrFNOSi. The molecule has 0 bridgehead atoms. The normalized spacial score (nSPS) is 12.1. The van der Waals surface area contributed by atoms with E-state index in [1.54, 1.807) is 10.8 Å². The van der Waals surface area contributed by atoms with Gasteiger partial charge in [0.1, 0.15) is 11.3 Å². The van der Waals surface area contributed by atoms with Crippen LogP contribution >= 0.6 is 15.9 Å². The van der Waals surface area contributed by atoms with Gasteiger partial charge in [-0.1, -0.05) is 19.6 Å². The lowest BCUT2D eigenvalue weighted by Gasteiger charge is -2.15. The molecule has 0 atom stereocenters. The van der Waals surface area contributed by atoms with Crippen LogP contribution < -0.4 is 0 Å². The summed E-state index contributed by atoms with van der Waals surface area (Å²) in [6.45, 7) is 8.09. The van der Waals surface area contributed by atoms with Gasteiger partial charge < -0.3 is 9.30 Å². The second-order valence-electron chi connectivity index (χ2n) is 4.77. The summed E-state index contributed by atoms with van der Waals surface area (Å²) in [5, 5.41) is 0. The highest BCUT2D eigenvalue weighted by Crippen LogP contribution is 2.16. The maximum Gasteiger partial charge on any atom is 0.155 e. The fourth-order valence-corrected chi connectivity index (χ4v) is 2.18. The topological polar surface area (TPSA) is 14.2 Å². The number of ether oxygens (including phenoxy) is 1. The van der Waals surface area contributed by atoms with Crippen molar-refractivity contribution >= 4 is 24.0 Å². The van der Waals surface area contributed by atoms with E-state index in [0.717, 1.165) is 12.7 Å². The van der Waals surface area contributed by atoms with Crippen molar-refractivity contribution in [1.82, 2.24) is 4.57 Å². The van der Waals surface area contributed by atoms with Crippen molar-refractivity contribution in [3.63, 3.8) is 0 Å². The summed E-state index contributed by atoms with van der Waals surface area (Å²) in [4.78, 5) is 0. The maximum absolute atomic E-state index is 12.9. The summed E-state index contributed by atoms with van der Waals surface area (Å²) in [5.74, 6) is -0.246. The van der Waals surface area contributed by atoms with E-state index in [2.05, 4.69) is 35.6 Å². The minimum Gasteiger partial charge on any atom is -0.361 e. The largest absolute Gasteiger partial charge is 0.361 e. The molecule has 0 aliphatic carbocycles. The van der Waals surface area contributed by atoms with Gasteiger partial charge in [-0.15, -0.1) is 0 Å². The van der Waals surface area contributed by atoms with E-state index in [-0.39, 0.29) is 5.82 Å². The molecule has 0 unspecified atom stereocenters. The van der Waals surface area contributed by atoms with Crippen LogP contribution in [0.25, 0.3) is 0 Å². The van der Waals surface area contributed by atoms with Crippen LogP contribution in [0.1, 0.15) is 0 Å². The molecule has 1 aromatic rings. The molecule has 5 heteroatoms. The Bertz CT molecular complexity index is 322. The first-order chi connectivity index (χ1) is 6.90. The van der Waals surface area contributed by atoms with Crippen LogP contribution in [0, 0.1) is 5.82 Å². The van der Waals surface area contributed by atoms with E-state index in [4.69, 9.17) is 4.74 Å². The molecule has 0 aromatic carbocycles. The number of rotatable bonds is 5. The lowest BCUT2D eigenvalue weighted by Crippen LogP contribution is -2.22. The number of aromatic nitrogens is 1. The lowest BCUT2D eigenvalue weighted by molar-refractivity contribution is 0.0856. The van der Waals surface area contributed by atoms with Crippen molar-refractivity contribution in [2.24, 2.45) is 0 Å². The number of halogens is 2. The lowest BCUT2D eigenvalue weighted by atomic mass is 10.6. The first kappa shape index (κ1) is 12.9. The zero-order valence-corrected chi connectivity index (χ0v) is 12.0. The monoisotopic (exact) mass is 293 g/mol. The van der Waals surface area contributed by atoms with Crippen LogP contribution in [0.2, 0.25) is 25.7 Å². The molecule has 2 nitrogen and oxygen atoms in total. The van der Waals surface area contributed by atoms with Gasteiger partial charge in [0.25, 0.3) is 0 Å². The second-order valence-corrected chi connectivity index (χ2v) is 11.1. The SMILES string of the molecule is C[Si](C)(C)CCOCn1ccc(F)c1Br. The van der Waals surface area contributed by atoms with Crippen LogP contribution in [0.5, 0.6) is 0 Å². The van der Waals surface area contributed by atoms with Crippen molar-refractivity contribution in [2.75, 3.05) is 6.61 Å². The molecule has 1 heterocycles. The van der Waals surface area contributed by atoms with E-state index in [0.29, 0.717) is 11.3 Å². The van der Waals surface area contributed by atoms with E-state index >= 15 is 0 Å².